The van der Waals surface area contributed by atoms with Crippen molar-refractivity contribution in [3.63, 3.8) is 0 Å². The summed E-state index contributed by atoms with van der Waals surface area (Å²) in [5, 5.41) is 9.39. The van der Waals surface area contributed by atoms with Gasteiger partial charge in [-0.2, -0.15) is 5.26 Å². The van der Waals surface area contributed by atoms with E-state index in [2.05, 4.69) is 11.1 Å². The summed E-state index contributed by atoms with van der Waals surface area (Å²) in [4.78, 5) is 4.52. The second-order valence-electron chi connectivity index (χ2n) is 4.71. The van der Waals surface area contributed by atoms with E-state index in [9.17, 15) is 5.26 Å². The highest BCUT2D eigenvalue weighted by Gasteiger charge is 2.17. The van der Waals surface area contributed by atoms with E-state index in [0.29, 0.717) is 22.7 Å². The van der Waals surface area contributed by atoms with Gasteiger partial charge in [-0.3, -0.25) is 4.57 Å². The molecule has 1 heterocycles. The van der Waals surface area contributed by atoms with Crippen LogP contribution in [0.4, 0.5) is 5.69 Å². The maximum absolute atomic E-state index is 9.39. The zero-order valence-corrected chi connectivity index (χ0v) is 11.8. The smallest absolute Gasteiger partial charge is 0.144 e. The molecule has 0 aliphatic carbocycles. The molecule has 5 heteroatoms. The van der Waals surface area contributed by atoms with E-state index in [1.807, 2.05) is 35.8 Å². The Morgan fingerprint density at radius 3 is 2.81 bits per heavy atom. The number of aryl methyl sites for hydroxylation is 1. The van der Waals surface area contributed by atoms with Gasteiger partial charge in [0.2, 0.25) is 0 Å². The van der Waals surface area contributed by atoms with Crippen LogP contribution in [0.5, 0.6) is 5.75 Å². The summed E-state index contributed by atoms with van der Waals surface area (Å²) >= 11 is 0. The number of nitrogen functional groups attached to an aromatic ring is 1. The molecule has 0 unspecified atom stereocenters. The number of anilines is 1. The normalized spacial score (nSPS) is 10.5. The molecule has 0 aliphatic rings. The number of nitrogens with two attached hydrogens (primary N) is 1. The molecule has 2 N–H and O–H groups in total. The number of para-hydroxylation sites is 1. The summed E-state index contributed by atoms with van der Waals surface area (Å²) in [6.45, 7) is 1.89. The minimum absolute atomic E-state index is 0.536. The van der Waals surface area contributed by atoms with Gasteiger partial charge in [0.15, 0.2) is 0 Å². The van der Waals surface area contributed by atoms with Crippen molar-refractivity contribution in [1.82, 2.24) is 9.55 Å². The first-order valence-corrected chi connectivity index (χ1v) is 6.47. The van der Waals surface area contributed by atoms with Gasteiger partial charge in [0.25, 0.3) is 0 Å². The Kier molecular flexibility index (Phi) is 2.99. The van der Waals surface area contributed by atoms with Crippen LogP contribution in [0, 0.1) is 18.3 Å². The highest BCUT2D eigenvalue weighted by molar-refractivity contribution is 5.82. The van der Waals surface area contributed by atoms with Crippen LogP contribution in [0.3, 0.4) is 0 Å². The summed E-state index contributed by atoms with van der Waals surface area (Å²) in [7, 11) is 1.59. The van der Waals surface area contributed by atoms with Crippen molar-refractivity contribution in [2.24, 2.45) is 0 Å². The highest BCUT2D eigenvalue weighted by Crippen LogP contribution is 2.31. The molecule has 0 saturated heterocycles. The number of benzene rings is 2. The van der Waals surface area contributed by atoms with Crippen LogP contribution in [0.15, 0.2) is 36.4 Å². The lowest BCUT2D eigenvalue weighted by Crippen LogP contribution is -2.03. The van der Waals surface area contributed by atoms with Gasteiger partial charge in [0.1, 0.15) is 23.3 Å². The zero-order valence-electron chi connectivity index (χ0n) is 11.8. The number of methoxy groups -OCH3 is 1. The lowest BCUT2D eigenvalue weighted by molar-refractivity contribution is 0.413. The van der Waals surface area contributed by atoms with Crippen LogP contribution >= 0.6 is 0 Å². The van der Waals surface area contributed by atoms with E-state index < -0.39 is 0 Å². The van der Waals surface area contributed by atoms with E-state index in [1.54, 1.807) is 19.2 Å². The molecule has 3 rings (SSSR count). The molecular formula is C16H14N4O. The van der Waals surface area contributed by atoms with Gasteiger partial charge in [-0.1, -0.05) is 6.07 Å². The second kappa shape index (κ2) is 4.84. The molecule has 21 heavy (non-hydrogen) atoms. The van der Waals surface area contributed by atoms with E-state index in [1.165, 1.54) is 0 Å². The molecule has 0 radical (unpaired) electrons. The monoisotopic (exact) mass is 278 g/mol. The predicted octanol–water partition coefficient (Wildman–Crippen LogP) is 2.80. The van der Waals surface area contributed by atoms with Crippen LogP contribution < -0.4 is 10.5 Å². The average molecular weight is 278 g/mol. The molecule has 1 aromatic heterocycles. The van der Waals surface area contributed by atoms with Gasteiger partial charge >= 0.3 is 0 Å². The third-order valence-corrected chi connectivity index (χ3v) is 3.41. The Morgan fingerprint density at radius 1 is 1.29 bits per heavy atom. The van der Waals surface area contributed by atoms with Gasteiger partial charge < -0.3 is 10.5 Å². The SMILES string of the molecule is COc1cccc(C#N)c1-n1c(C)nc2cc(N)ccc21. The molecule has 0 amide bonds. The molecule has 5 nitrogen and oxygen atoms in total. The Morgan fingerprint density at radius 2 is 2.10 bits per heavy atom. The van der Waals surface area contributed by atoms with E-state index in [-0.39, 0.29) is 0 Å². The van der Waals surface area contributed by atoms with Crippen LogP contribution in [0.1, 0.15) is 11.4 Å². The summed E-state index contributed by atoms with van der Waals surface area (Å²) in [5.74, 6) is 1.41. The fourth-order valence-corrected chi connectivity index (χ4v) is 2.51. The second-order valence-corrected chi connectivity index (χ2v) is 4.71. The molecule has 104 valence electrons. The van der Waals surface area contributed by atoms with Crippen molar-refractivity contribution >= 4 is 16.7 Å². The minimum atomic E-state index is 0.536. The molecule has 0 bridgehead atoms. The van der Waals surface area contributed by atoms with Gasteiger partial charge in [0, 0.05) is 5.69 Å². The van der Waals surface area contributed by atoms with Crippen molar-refractivity contribution in [2.45, 2.75) is 6.92 Å². The number of rotatable bonds is 2. The molecule has 0 aliphatic heterocycles. The Labute approximate surface area is 122 Å². The van der Waals surface area contributed by atoms with Crippen LogP contribution in [0.25, 0.3) is 16.7 Å². The fraction of sp³-hybridized carbons (Fsp3) is 0.125. The summed E-state index contributed by atoms with van der Waals surface area (Å²) in [6, 6.07) is 13.1. The first-order chi connectivity index (χ1) is 10.2. The van der Waals surface area contributed by atoms with Crippen LogP contribution in [0.2, 0.25) is 0 Å². The minimum Gasteiger partial charge on any atom is -0.495 e. The quantitative estimate of drug-likeness (QED) is 0.731. The number of hydrogen-bond acceptors (Lipinski definition) is 4. The molecule has 0 spiro atoms. The van der Waals surface area contributed by atoms with Gasteiger partial charge in [0.05, 0.1) is 23.7 Å². The topological polar surface area (TPSA) is 76.9 Å². The van der Waals surface area contributed by atoms with Gasteiger partial charge in [-0.25, -0.2) is 4.98 Å². The van der Waals surface area contributed by atoms with Gasteiger partial charge in [-0.15, -0.1) is 0 Å². The zero-order chi connectivity index (χ0) is 15.0. The summed E-state index contributed by atoms with van der Waals surface area (Å²) in [6.07, 6.45) is 0. The van der Waals surface area contributed by atoms with E-state index in [4.69, 9.17) is 10.5 Å². The lowest BCUT2D eigenvalue weighted by Gasteiger charge is -2.13. The van der Waals surface area contributed by atoms with Crippen molar-refractivity contribution < 1.29 is 4.74 Å². The Bertz CT molecular complexity index is 874. The van der Waals surface area contributed by atoms with Crippen molar-refractivity contribution in [1.29, 1.82) is 5.26 Å². The molecule has 2 aromatic carbocycles. The molecule has 3 aromatic rings. The summed E-state index contributed by atoms with van der Waals surface area (Å²) < 4.78 is 7.34. The first-order valence-electron chi connectivity index (χ1n) is 6.47. The lowest BCUT2D eigenvalue weighted by atomic mass is 10.1. The highest BCUT2D eigenvalue weighted by atomic mass is 16.5. The van der Waals surface area contributed by atoms with Crippen molar-refractivity contribution in [2.75, 3.05) is 12.8 Å². The Hall–Kier alpha value is -3.00. The summed E-state index contributed by atoms with van der Waals surface area (Å²) in [5.41, 5.74) is 9.39. The molecule has 0 saturated carbocycles. The number of imidazole rings is 1. The predicted molar refractivity (Wildman–Crippen MR) is 81.5 cm³/mol. The molecule has 0 fully saturated rings. The molecular weight excluding hydrogens is 264 g/mol. The number of nitrogens with zero attached hydrogens (tertiary/aromatic N) is 3. The fourth-order valence-electron chi connectivity index (χ4n) is 2.51. The van der Waals surface area contributed by atoms with Crippen LogP contribution in [-0.2, 0) is 0 Å². The Balaban J connectivity index is 2.41. The van der Waals surface area contributed by atoms with Crippen molar-refractivity contribution in [3.8, 4) is 17.5 Å². The standard InChI is InChI=1S/C16H14N4O/c1-10-19-13-8-12(18)6-7-14(13)20(10)16-11(9-17)4-3-5-15(16)21-2/h3-8H,18H2,1-2H3. The molecule has 0 atom stereocenters. The maximum atomic E-state index is 9.39. The first kappa shape index (κ1) is 13.0. The van der Waals surface area contributed by atoms with Gasteiger partial charge in [-0.05, 0) is 37.3 Å². The number of fused-ring (bicyclic) bond motifs is 1. The third kappa shape index (κ3) is 1.98. The average Bonchev–Trinajstić information content (AvgIpc) is 2.80. The largest absolute Gasteiger partial charge is 0.495 e. The van der Waals surface area contributed by atoms with Crippen molar-refractivity contribution in [3.05, 3.63) is 47.8 Å². The number of hydrogen-bond donors (Lipinski definition) is 1. The van der Waals surface area contributed by atoms with Crippen LogP contribution in [-0.4, -0.2) is 16.7 Å². The maximum Gasteiger partial charge on any atom is 0.144 e. The van der Waals surface area contributed by atoms with E-state index >= 15 is 0 Å². The third-order valence-electron chi connectivity index (χ3n) is 3.41. The number of ether oxygens (including phenoxy) is 1. The number of nitriles is 1. The number of aromatic nitrogens is 2. The van der Waals surface area contributed by atoms with E-state index in [0.717, 1.165) is 16.9 Å².